The normalized spacial score (nSPS) is 13.2. The molecule has 0 spiro atoms. The number of carbonyl (C=O) groups excluding carboxylic acids is 1. The zero-order valence-electron chi connectivity index (χ0n) is 13.5. The molecule has 2 N–H and O–H groups in total. The van der Waals surface area contributed by atoms with Crippen LogP contribution in [0.15, 0.2) is 18.2 Å². The fraction of sp³-hybridized carbons (Fsp3) is 0.556. The van der Waals surface area contributed by atoms with Crippen LogP contribution in [0.4, 0.5) is 0 Å². The number of carbonyl (C=O) groups is 2. The third-order valence-corrected chi connectivity index (χ3v) is 4.08. The van der Waals surface area contributed by atoms with Crippen LogP contribution in [0, 0.1) is 0 Å². The Kier molecular flexibility index (Phi) is 6.91. The van der Waals surface area contributed by atoms with Crippen molar-refractivity contribution in [1.82, 2.24) is 5.32 Å². The summed E-state index contributed by atoms with van der Waals surface area (Å²) in [6.45, 7) is 0.583. The minimum Gasteiger partial charge on any atom is -0.484 e. The van der Waals surface area contributed by atoms with Crippen LogP contribution >= 0.6 is 0 Å². The van der Waals surface area contributed by atoms with E-state index in [9.17, 15) is 9.59 Å². The zero-order valence-corrected chi connectivity index (χ0v) is 13.5. The first kappa shape index (κ1) is 17.3. The molecule has 1 aliphatic rings. The number of benzene rings is 1. The summed E-state index contributed by atoms with van der Waals surface area (Å²) < 4.78 is 5.55. The van der Waals surface area contributed by atoms with E-state index in [1.54, 1.807) is 0 Å². The molecule has 5 nitrogen and oxygen atoms in total. The number of amides is 1. The molecular formula is C18H25NO4. The van der Waals surface area contributed by atoms with Gasteiger partial charge in [-0.3, -0.25) is 9.59 Å². The summed E-state index contributed by atoms with van der Waals surface area (Å²) in [5.74, 6) is -0.157. The van der Waals surface area contributed by atoms with Crippen molar-refractivity contribution in [3.8, 4) is 5.75 Å². The molecule has 0 aliphatic heterocycles. The van der Waals surface area contributed by atoms with Gasteiger partial charge < -0.3 is 15.2 Å². The Bertz CT molecular complexity index is 542. The number of aryl methyl sites for hydroxylation is 2. The highest BCUT2D eigenvalue weighted by molar-refractivity contribution is 5.77. The van der Waals surface area contributed by atoms with E-state index < -0.39 is 5.97 Å². The number of carboxylic acids is 1. The van der Waals surface area contributed by atoms with Crippen molar-refractivity contribution in [2.75, 3.05) is 13.2 Å². The van der Waals surface area contributed by atoms with Crippen molar-refractivity contribution in [2.24, 2.45) is 0 Å². The number of rotatable bonds is 9. The largest absolute Gasteiger partial charge is 0.484 e. The Morgan fingerprint density at radius 3 is 2.65 bits per heavy atom. The highest BCUT2D eigenvalue weighted by Crippen LogP contribution is 2.25. The Morgan fingerprint density at radius 2 is 1.87 bits per heavy atom. The molecule has 0 saturated carbocycles. The Balaban J connectivity index is 1.62. The summed E-state index contributed by atoms with van der Waals surface area (Å²) in [4.78, 5) is 22.1. The lowest BCUT2D eigenvalue weighted by Gasteiger charge is -2.16. The van der Waals surface area contributed by atoms with Crippen LogP contribution in [0.2, 0.25) is 0 Å². The summed E-state index contributed by atoms with van der Waals surface area (Å²) >= 11 is 0. The maximum absolute atomic E-state index is 11.7. The monoisotopic (exact) mass is 319 g/mol. The van der Waals surface area contributed by atoms with Crippen molar-refractivity contribution in [3.05, 3.63) is 29.3 Å². The van der Waals surface area contributed by atoms with Gasteiger partial charge in [0, 0.05) is 13.0 Å². The standard InChI is InChI=1S/C18H25NO4/c20-17(19-11-5-1-2-8-18(21)22)13-23-16-10-9-14-6-3-4-7-15(14)12-16/h9-10,12H,1-8,11,13H2,(H,19,20)(H,21,22). The van der Waals surface area contributed by atoms with Crippen LogP contribution in [0.3, 0.4) is 0 Å². The molecule has 5 heteroatoms. The molecule has 1 amide bonds. The number of aliphatic carboxylic acids is 1. The number of nitrogens with one attached hydrogen (secondary N) is 1. The summed E-state index contributed by atoms with van der Waals surface area (Å²) in [5.41, 5.74) is 2.74. The minimum atomic E-state index is -0.771. The molecule has 0 fully saturated rings. The highest BCUT2D eigenvalue weighted by Gasteiger charge is 2.10. The van der Waals surface area contributed by atoms with Crippen LogP contribution < -0.4 is 10.1 Å². The van der Waals surface area contributed by atoms with Crippen LogP contribution in [0.1, 0.15) is 49.7 Å². The van der Waals surface area contributed by atoms with Gasteiger partial charge in [0.25, 0.3) is 5.91 Å². The Hall–Kier alpha value is -2.04. The highest BCUT2D eigenvalue weighted by atomic mass is 16.5. The average molecular weight is 319 g/mol. The third-order valence-electron chi connectivity index (χ3n) is 4.08. The smallest absolute Gasteiger partial charge is 0.303 e. The Morgan fingerprint density at radius 1 is 1.09 bits per heavy atom. The number of carboxylic acid groups (broad SMARTS) is 1. The molecule has 1 aromatic carbocycles. The van der Waals surface area contributed by atoms with Gasteiger partial charge in [0.05, 0.1) is 0 Å². The van der Waals surface area contributed by atoms with E-state index in [4.69, 9.17) is 9.84 Å². The number of unbranched alkanes of at least 4 members (excludes halogenated alkanes) is 2. The van der Waals surface area contributed by atoms with Gasteiger partial charge >= 0.3 is 5.97 Å². The number of hydrogen-bond acceptors (Lipinski definition) is 3. The van der Waals surface area contributed by atoms with E-state index in [2.05, 4.69) is 11.4 Å². The molecular weight excluding hydrogens is 294 g/mol. The SMILES string of the molecule is O=C(O)CCCCCNC(=O)COc1ccc2c(c1)CCCC2. The number of ether oxygens (including phenoxy) is 1. The fourth-order valence-electron chi connectivity index (χ4n) is 2.81. The molecule has 2 rings (SSSR count). The molecule has 0 atom stereocenters. The van der Waals surface area contributed by atoms with Gasteiger partial charge in [0.2, 0.25) is 0 Å². The molecule has 126 valence electrons. The molecule has 1 aromatic rings. The van der Waals surface area contributed by atoms with Crippen LogP contribution in [0.5, 0.6) is 5.75 Å². The maximum atomic E-state index is 11.7. The van der Waals surface area contributed by atoms with E-state index in [-0.39, 0.29) is 18.9 Å². The van der Waals surface area contributed by atoms with Gasteiger partial charge in [-0.25, -0.2) is 0 Å². The van der Waals surface area contributed by atoms with Gasteiger partial charge in [0.1, 0.15) is 5.75 Å². The predicted molar refractivity (Wildman–Crippen MR) is 87.7 cm³/mol. The summed E-state index contributed by atoms with van der Waals surface area (Å²) in [7, 11) is 0. The van der Waals surface area contributed by atoms with Crippen molar-refractivity contribution in [2.45, 2.75) is 51.4 Å². The van der Waals surface area contributed by atoms with E-state index in [0.29, 0.717) is 13.0 Å². The quantitative estimate of drug-likeness (QED) is 0.686. The Labute approximate surface area is 137 Å². The lowest BCUT2D eigenvalue weighted by atomic mass is 9.92. The second-order valence-electron chi connectivity index (χ2n) is 5.98. The van der Waals surface area contributed by atoms with E-state index in [0.717, 1.165) is 31.4 Å². The van der Waals surface area contributed by atoms with Crippen molar-refractivity contribution in [1.29, 1.82) is 0 Å². The van der Waals surface area contributed by atoms with Crippen LogP contribution in [-0.2, 0) is 22.4 Å². The molecule has 0 heterocycles. The van der Waals surface area contributed by atoms with Crippen LogP contribution in [0.25, 0.3) is 0 Å². The summed E-state index contributed by atoms with van der Waals surface area (Å²) in [5, 5.41) is 11.3. The third kappa shape index (κ3) is 6.30. The predicted octanol–water partition coefficient (Wildman–Crippen LogP) is 2.71. The van der Waals surface area contributed by atoms with Crippen molar-refractivity contribution < 1.29 is 19.4 Å². The van der Waals surface area contributed by atoms with E-state index in [1.807, 2.05) is 12.1 Å². The molecule has 0 aromatic heterocycles. The molecule has 0 saturated heterocycles. The topological polar surface area (TPSA) is 75.6 Å². The summed E-state index contributed by atoms with van der Waals surface area (Å²) in [6.07, 6.45) is 7.14. The second-order valence-corrected chi connectivity index (χ2v) is 5.98. The molecule has 0 unspecified atom stereocenters. The van der Waals surface area contributed by atoms with E-state index in [1.165, 1.54) is 24.0 Å². The van der Waals surface area contributed by atoms with Crippen molar-refractivity contribution >= 4 is 11.9 Å². The van der Waals surface area contributed by atoms with Crippen LogP contribution in [-0.4, -0.2) is 30.1 Å². The van der Waals surface area contributed by atoms with Gasteiger partial charge in [-0.05, 0) is 61.8 Å². The van der Waals surface area contributed by atoms with Gasteiger partial charge in [0.15, 0.2) is 6.61 Å². The first-order valence-corrected chi connectivity index (χ1v) is 8.38. The maximum Gasteiger partial charge on any atom is 0.303 e. The number of hydrogen-bond donors (Lipinski definition) is 2. The van der Waals surface area contributed by atoms with E-state index >= 15 is 0 Å². The van der Waals surface area contributed by atoms with Gasteiger partial charge in [-0.2, -0.15) is 0 Å². The fourth-order valence-corrected chi connectivity index (χ4v) is 2.81. The number of fused-ring (bicyclic) bond motifs is 1. The van der Waals surface area contributed by atoms with Crippen molar-refractivity contribution in [3.63, 3.8) is 0 Å². The molecule has 0 radical (unpaired) electrons. The first-order valence-electron chi connectivity index (χ1n) is 8.38. The molecule has 1 aliphatic carbocycles. The lowest BCUT2D eigenvalue weighted by Crippen LogP contribution is -2.29. The molecule has 0 bridgehead atoms. The van der Waals surface area contributed by atoms with Gasteiger partial charge in [-0.15, -0.1) is 0 Å². The zero-order chi connectivity index (χ0) is 16.5. The summed E-state index contributed by atoms with van der Waals surface area (Å²) in [6, 6.07) is 6.08. The molecule has 23 heavy (non-hydrogen) atoms. The first-order chi connectivity index (χ1) is 11.1. The van der Waals surface area contributed by atoms with Gasteiger partial charge in [-0.1, -0.05) is 12.5 Å². The lowest BCUT2D eigenvalue weighted by molar-refractivity contribution is -0.137. The average Bonchev–Trinajstić information content (AvgIpc) is 2.55. The second kappa shape index (κ2) is 9.18. The minimum absolute atomic E-state index is 0.0217.